The molecule has 1 aromatic carbocycles. The molecular formula is C14H15ClN2O. The Bertz CT molecular complexity index is 517. The van der Waals surface area contributed by atoms with Gasteiger partial charge >= 0.3 is 0 Å². The maximum Gasteiger partial charge on any atom is 0.243 e. The molecule has 0 aliphatic heterocycles. The van der Waals surface area contributed by atoms with Gasteiger partial charge in [0.25, 0.3) is 0 Å². The summed E-state index contributed by atoms with van der Waals surface area (Å²) in [4.78, 5) is 13.9. The van der Waals surface area contributed by atoms with Crippen LogP contribution in [0.2, 0.25) is 5.02 Å². The second-order valence-corrected chi connectivity index (χ2v) is 5.21. The lowest BCUT2D eigenvalue weighted by Crippen LogP contribution is -2.35. The Morgan fingerprint density at radius 1 is 1.50 bits per heavy atom. The van der Waals surface area contributed by atoms with Crippen LogP contribution in [0.4, 0.5) is 0 Å². The molecule has 18 heavy (non-hydrogen) atoms. The van der Waals surface area contributed by atoms with Crippen molar-refractivity contribution in [2.24, 2.45) is 5.41 Å². The Morgan fingerprint density at radius 2 is 2.11 bits per heavy atom. The lowest BCUT2D eigenvalue weighted by Gasteiger charge is -2.27. The van der Waals surface area contributed by atoms with E-state index in [1.165, 1.54) is 0 Å². The molecule has 3 nitrogen and oxygen atoms in total. The van der Waals surface area contributed by atoms with E-state index in [9.17, 15) is 4.79 Å². The van der Waals surface area contributed by atoms with Gasteiger partial charge in [-0.3, -0.25) is 4.79 Å². The van der Waals surface area contributed by atoms with Crippen LogP contribution in [0, 0.1) is 16.7 Å². The van der Waals surface area contributed by atoms with Crippen LogP contribution in [0.15, 0.2) is 24.3 Å². The van der Waals surface area contributed by atoms with Crippen molar-refractivity contribution >= 4 is 17.5 Å². The Balaban J connectivity index is 2.20. The Kier molecular flexibility index (Phi) is 3.32. The number of nitrogens with zero attached hydrogens (tertiary/aromatic N) is 2. The standard InChI is InChI=1S/C14H15ClN2O/c1-10(11-5-3-4-6-12(11)15)17(2)13(18)14(9-16)7-8-14/h3-6,10H,7-8H2,1-2H3. The number of hydrogen-bond donors (Lipinski definition) is 0. The molecule has 1 aliphatic rings. The van der Waals surface area contributed by atoms with E-state index >= 15 is 0 Å². The predicted molar refractivity (Wildman–Crippen MR) is 69.9 cm³/mol. The quantitative estimate of drug-likeness (QED) is 0.840. The van der Waals surface area contributed by atoms with Gasteiger partial charge in [0.05, 0.1) is 12.1 Å². The van der Waals surface area contributed by atoms with Crippen LogP contribution in [0.25, 0.3) is 0 Å². The second kappa shape index (κ2) is 4.62. The summed E-state index contributed by atoms with van der Waals surface area (Å²) < 4.78 is 0. The van der Waals surface area contributed by atoms with E-state index in [1.54, 1.807) is 11.9 Å². The predicted octanol–water partition coefficient (Wildman–Crippen LogP) is 3.16. The van der Waals surface area contributed by atoms with Crippen LogP contribution in [-0.4, -0.2) is 17.9 Å². The summed E-state index contributed by atoms with van der Waals surface area (Å²) in [5.74, 6) is -0.0996. The minimum atomic E-state index is -0.774. The first-order valence-electron chi connectivity index (χ1n) is 5.95. The zero-order chi connectivity index (χ0) is 13.3. The number of rotatable bonds is 3. The lowest BCUT2D eigenvalue weighted by molar-refractivity contribution is -0.135. The van der Waals surface area contributed by atoms with Gasteiger partial charge in [0.1, 0.15) is 5.41 Å². The largest absolute Gasteiger partial charge is 0.338 e. The molecule has 0 saturated heterocycles. The lowest BCUT2D eigenvalue weighted by atomic mass is 10.0. The molecule has 0 radical (unpaired) electrons. The Morgan fingerprint density at radius 3 is 2.61 bits per heavy atom. The molecule has 0 spiro atoms. The molecule has 2 rings (SSSR count). The van der Waals surface area contributed by atoms with E-state index in [4.69, 9.17) is 16.9 Å². The van der Waals surface area contributed by atoms with Gasteiger partial charge in [-0.05, 0) is 31.4 Å². The molecule has 0 N–H and O–H groups in total. The number of carbonyl (C=O) groups is 1. The number of nitriles is 1. The van der Waals surface area contributed by atoms with E-state index in [1.807, 2.05) is 31.2 Å². The molecule has 0 heterocycles. The van der Waals surface area contributed by atoms with Gasteiger partial charge in [-0.15, -0.1) is 0 Å². The Labute approximate surface area is 112 Å². The molecule has 1 aromatic rings. The summed E-state index contributed by atoms with van der Waals surface area (Å²) >= 11 is 6.13. The third-order valence-corrected chi connectivity index (χ3v) is 3.97. The number of benzene rings is 1. The molecular weight excluding hydrogens is 248 g/mol. The van der Waals surface area contributed by atoms with E-state index in [-0.39, 0.29) is 11.9 Å². The number of halogens is 1. The van der Waals surface area contributed by atoms with Gasteiger partial charge in [-0.25, -0.2) is 0 Å². The van der Waals surface area contributed by atoms with Crippen LogP contribution >= 0.6 is 11.6 Å². The molecule has 1 unspecified atom stereocenters. The van der Waals surface area contributed by atoms with Crippen molar-refractivity contribution < 1.29 is 4.79 Å². The summed E-state index contributed by atoms with van der Waals surface area (Å²) in [6.45, 7) is 1.92. The minimum Gasteiger partial charge on any atom is -0.338 e. The number of hydrogen-bond acceptors (Lipinski definition) is 2. The molecule has 1 atom stereocenters. The van der Waals surface area contributed by atoms with E-state index in [0.29, 0.717) is 17.9 Å². The van der Waals surface area contributed by atoms with Gasteiger partial charge in [0.2, 0.25) is 5.91 Å². The van der Waals surface area contributed by atoms with Crippen molar-refractivity contribution in [3.05, 3.63) is 34.9 Å². The van der Waals surface area contributed by atoms with Gasteiger partial charge < -0.3 is 4.90 Å². The van der Waals surface area contributed by atoms with Crippen LogP contribution in [0.5, 0.6) is 0 Å². The van der Waals surface area contributed by atoms with Gasteiger partial charge in [0.15, 0.2) is 0 Å². The molecule has 1 fully saturated rings. The minimum absolute atomic E-state index is 0.0996. The van der Waals surface area contributed by atoms with Gasteiger partial charge in [-0.2, -0.15) is 5.26 Å². The fourth-order valence-electron chi connectivity index (χ4n) is 2.03. The first-order valence-corrected chi connectivity index (χ1v) is 6.32. The average Bonchev–Trinajstić information content (AvgIpc) is 3.18. The van der Waals surface area contributed by atoms with Crippen molar-refractivity contribution in [1.82, 2.24) is 4.90 Å². The van der Waals surface area contributed by atoms with E-state index < -0.39 is 5.41 Å². The zero-order valence-corrected chi connectivity index (χ0v) is 11.2. The Hall–Kier alpha value is -1.53. The topological polar surface area (TPSA) is 44.1 Å². The fourth-order valence-corrected chi connectivity index (χ4v) is 2.33. The van der Waals surface area contributed by atoms with Crippen molar-refractivity contribution in [3.63, 3.8) is 0 Å². The highest BCUT2D eigenvalue weighted by atomic mass is 35.5. The average molecular weight is 263 g/mol. The normalized spacial score (nSPS) is 17.7. The molecule has 1 saturated carbocycles. The summed E-state index contributed by atoms with van der Waals surface area (Å²) in [6.07, 6.45) is 1.34. The highest BCUT2D eigenvalue weighted by Gasteiger charge is 2.52. The van der Waals surface area contributed by atoms with Crippen molar-refractivity contribution in [3.8, 4) is 6.07 Å². The molecule has 1 aliphatic carbocycles. The van der Waals surface area contributed by atoms with Crippen LogP contribution in [0.3, 0.4) is 0 Å². The SMILES string of the molecule is CC(c1ccccc1Cl)N(C)C(=O)C1(C#N)CC1. The summed E-state index contributed by atoms with van der Waals surface area (Å²) in [5.41, 5.74) is 0.133. The molecule has 94 valence electrons. The second-order valence-electron chi connectivity index (χ2n) is 4.81. The number of amides is 1. The summed E-state index contributed by atoms with van der Waals surface area (Å²) in [5, 5.41) is 9.70. The van der Waals surface area contributed by atoms with Crippen LogP contribution in [-0.2, 0) is 4.79 Å². The smallest absolute Gasteiger partial charge is 0.243 e. The van der Waals surface area contributed by atoms with E-state index in [0.717, 1.165) is 5.56 Å². The maximum atomic E-state index is 12.2. The molecule has 1 amide bonds. The van der Waals surface area contributed by atoms with E-state index in [2.05, 4.69) is 6.07 Å². The fraction of sp³-hybridized carbons (Fsp3) is 0.429. The summed E-state index contributed by atoms with van der Waals surface area (Å²) in [6, 6.07) is 9.47. The van der Waals surface area contributed by atoms with Gasteiger partial charge in [0, 0.05) is 12.1 Å². The third kappa shape index (κ3) is 2.09. The van der Waals surface area contributed by atoms with Gasteiger partial charge in [-0.1, -0.05) is 29.8 Å². The van der Waals surface area contributed by atoms with Crippen molar-refractivity contribution in [1.29, 1.82) is 5.26 Å². The molecule has 0 aromatic heterocycles. The highest BCUT2D eigenvalue weighted by Crippen LogP contribution is 2.47. The maximum absolute atomic E-state index is 12.2. The monoisotopic (exact) mass is 262 g/mol. The molecule has 4 heteroatoms. The highest BCUT2D eigenvalue weighted by molar-refractivity contribution is 6.31. The van der Waals surface area contributed by atoms with Crippen LogP contribution < -0.4 is 0 Å². The first kappa shape index (κ1) is 12.9. The summed E-state index contributed by atoms with van der Waals surface area (Å²) in [7, 11) is 1.73. The van der Waals surface area contributed by atoms with Crippen molar-refractivity contribution in [2.45, 2.75) is 25.8 Å². The number of carbonyl (C=O) groups excluding carboxylic acids is 1. The zero-order valence-electron chi connectivity index (χ0n) is 10.5. The molecule has 0 bridgehead atoms. The van der Waals surface area contributed by atoms with Crippen LogP contribution in [0.1, 0.15) is 31.4 Å². The third-order valence-electron chi connectivity index (χ3n) is 3.63. The van der Waals surface area contributed by atoms with Crippen molar-refractivity contribution in [2.75, 3.05) is 7.05 Å². The first-order chi connectivity index (χ1) is 8.52.